The lowest BCUT2D eigenvalue weighted by molar-refractivity contribution is 0.605. The Hall–Kier alpha value is -0.420. The molecule has 1 aromatic heterocycles. The van der Waals surface area contributed by atoms with Gasteiger partial charge in [-0.3, -0.25) is 4.79 Å². The van der Waals surface area contributed by atoms with Crippen molar-refractivity contribution in [1.29, 1.82) is 0 Å². The van der Waals surface area contributed by atoms with E-state index in [4.69, 9.17) is 0 Å². The number of nitrogens with one attached hydrogen (secondary N) is 1. The van der Waals surface area contributed by atoms with Gasteiger partial charge in [-0.25, -0.2) is 4.98 Å². The quantitative estimate of drug-likeness (QED) is 0.257. The number of aromatic amines is 1. The molecule has 1 heterocycles. The average Bonchev–Trinajstić information content (AvgIpc) is 2.45. The van der Waals surface area contributed by atoms with Gasteiger partial charge < -0.3 is 4.98 Å². The Morgan fingerprint density at radius 3 is 2.48 bits per heavy atom. The van der Waals surface area contributed by atoms with Gasteiger partial charge in [-0.15, -0.1) is 0 Å². The first kappa shape index (κ1) is 18.6. The standard InChI is InChI=1S/C16H28N2OS2/c1-2-10-14-13-15(19)18-16(17-14)21-12-9-7-5-3-4-6-8-11-20/h13,20H,2-12H2,1H3,(H,17,18,19). The largest absolute Gasteiger partial charge is 0.301 e. The predicted molar refractivity (Wildman–Crippen MR) is 95.7 cm³/mol. The van der Waals surface area contributed by atoms with Crippen LogP contribution in [0.2, 0.25) is 0 Å². The lowest BCUT2D eigenvalue weighted by Gasteiger charge is -2.04. The van der Waals surface area contributed by atoms with E-state index >= 15 is 0 Å². The van der Waals surface area contributed by atoms with Gasteiger partial charge in [0.15, 0.2) is 5.16 Å². The molecule has 0 radical (unpaired) electrons. The summed E-state index contributed by atoms with van der Waals surface area (Å²) in [5, 5.41) is 0.778. The van der Waals surface area contributed by atoms with Crippen LogP contribution in [0.1, 0.15) is 64.0 Å². The first-order chi connectivity index (χ1) is 10.3. The highest BCUT2D eigenvalue weighted by atomic mass is 32.2. The molecule has 1 rings (SSSR count). The fraction of sp³-hybridized carbons (Fsp3) is 0.750. The fourth-order valence-electron chi connectivity index (χ4n) is 2.20. The van der Waals surface area contributed by atoms with E-state index in [1.165, 1.54) is 44.9 Å². The Balaban J connectivity index is 2.13. The van der Waals surface area contributed by atoms with Crippen LogP contribution in [0.3, 0.4) is 0 Å². The summed E-state index contributed by atoms with van der Waals surface area (Å²) >= 11 is 5.89. The van der Waals surface area contributed by atoms with Crippen LogP contribution in [0.15, 0.2) is 16.0 Å². The van der Waals surface area contributed by atoms with E-state index < -0.39 is 0 Å². The molecule has 3 nitrogen and oxygen atoms in total. The van der Waals surface area contributed by atoms with Crippen LogP contribution >= 0.6 is 24.4 Å². The molecule has 0 saturated heterocycles. The number of aryl methyl sites for hydroxylation is 1. The minimum atomic E-state index is -0.0276. The summed E-state index contributed by atoms with van der Waals surface area (Å²) < 4.78 is 0. The van der Waals surface area contributed by atoms with Crippen molar-refractivity contribution in [2.45, 2.75) is 69.9 Å². The monoisotopic (exact) mass is 328 g/mol. The number of unbranched alkanes of at least 4 members (excludes halogenated alkanes) is 6. The van der Waals surface area contributed by atoms with Crippen molar-refractivity contribution >= 4 is 24.4 Å². The second-order valence-electron chi connectivity index (χ2n) is 5.34. The third-order valence-electron chi connectivity index (χ3n) is 3.32. The highest BCUT2D eigenvalue weighted by Gasteiger charge is 2.01. The van der Waals surface area contributed by atoms with Crippen LogP contribution in [0.4, 0.5) is 0 Å². The zero-order valence-corrected chi connectivity index (χ0v) is 14.8. The molecule has 0 spiro atoms. The number of nitrogens with zero attached hydrogens (tertiary/aromatic N) is 1. The van der Waals surface area contributed by atoms with Crippen LogP contribution in [0, 0.1) is 0 Å². The number of aromatic nitrogens is 2. The molecular formula is C16H28N2OS2. The molecule has 21 heavy (non-hydrogen) atoms. The van der Waals surface area contributed by atoms with E-state index in [0.29, 0.717) is 0 Å². The molecule has 0 bridgehead atoms. The second-order valence-corrected chi connectivity index (χ2v) is 6.87. The van der Waals surface area contributed by atoms with Crippen molar-refractivity contribution in [3.63, 3.8) is 0 Å². The Bertz CT molecular complexity index is 435. The molecular weight excluding hydrogens is 300 g/mol. The summed E-state index contributed by atoms with van der Waals surface area (Å²) in [6.07, 6.45) is 10.9. The van der Waals surface area contributed by atoms with E-state index in [2.05, 4.69) is 29.5 Å². The summed E-state index contributed by atoms with van der Waals surface area (Å²) in [6, 6.07) is 1.61. The number of rotatable bonds is 12. The average molecular weight is 329 g/mol. The lowest BCUT2D eigenvalue weighted by atomic mass is 10.1. The van der Waals surface area contributed by atoms with E-state index in [-0.39, 0.29) is 5.56 Å². The van der Waals surface area contributed by atoms with Gasteiger partial charge in [0.1, 0.15) is 0 Å². The normalized spacial score (nSPS) is 11.0. The summed E-state index contributed by atoms with van der Waals surface area (Å²) in [6.45, 7) is 2.10. The van der Waals surface area contributed by atoms with Crippen molar-refractivity contribution in [2.75, 3.05) is 11.5 Å². The topological polar surface area (TPSA) is 45.8 Å². The van der Waals surface area contributed by atoms with Crippen molar-refractivity contribution in [3.05, 3.63) is 22.1 Å². The third kappa shape index (κ3) is 9.25. The van der Waals surface area contributed by atoms with Crippen LogP contribution in [-0.4, -0.2) is 21.5 Å². The lowest BCUT2D eigenvalue weighted by Crippen LogP contribution is -2.10. The summed E-state index contributed by atoms with van der Waals surface area (Å²) in [5.74, 6) is 2.05. The van der Waals surface area contributed by atoms with E-state index in [1.54, 1.807) is 17.8 Å². The minimum Gasteiger partial charge on any atom is -0.301 e. The molecule has 5 heteroatoms. The summed E-state index contributed by atoms with van der Waals surface area (Å²) in [7, 11) is 0. The highest BCUT2D eigenvalue weighted by molar-refractivity contribution is 7.99. The molecule has 0 aliphatic rings. The number of hydrogen-bond acceptors (Lipinski definition) is 4. The van der Waals surface area contributed by atoms with Gasteiger partial charge >= 0.3 is 0 Å². The molecule has 0 aromatic carbocycles. The predicted octanol–water partition coefficient (Wildman–Crippen LogP) is 4.48. The molecule has 0 saturated carbocycles. The van der Waals surface area contributed by atoms with Gasteiger partial charge in [-0.2, -0.15) is 12.6 Å². The maximum atomic E-state index is 11.5. The van der Waals surface area contributed by atoms with Gasteiger partial charge in [-0.1, -0.05) is 57.2 Å². The van der Waals surface area contributed by atoms with Crippen molar-refractivity contribution < 1.29 is 0 Å². The van der Waals surface area contributed by atoms with Crippen LogP contribution in [0.25, 0.3) is 0 Å². The van der Waals surface area contributed by atoms with Gasteiger partial charge in [0.25, 0.3) is 5.56 Å². The van der Waals surface area contributed by atoms with E-state index in [1.807, 2.05) is 0 Å². The number of thiol groups is 1. The Morgan fingerprint density at radius 1 is 1.14 bits per heavy atom. The summed E-state index contributed by atoms with van der Waals surface area (Å²) in [4.78, 5) is 18.8. The first-order valence-electron chi connectivity index (χ1n) is 8.10. The molecule has 0 atom stereocenters. The Morgan fingerprint density at radius 2 is 1.81 bits per heavy atom. The molecule has 1 N–H and O–H groups in total. The first-order valence-corrected chi connectivity index (χ1v) is 9.72. The summed E-state index contributed by atoms with van der Waals surface area (Å²) in [5.41, 5.74) is 0.882. The maximum Gasteiger partial charge on any atom is 0.251 e. The van der Waals surface area contributed by atoms with Gasteiger partial charge in [-0.05, 0) is 25.0 Å². The molecule has 0 fully saturated rings. The van der Waals surface area contributed by atoms with Crippen molar-refractivity contribution in [3.8, 4) is 0 Å². The second kappa shape index (κ2) is 12.2. The fourth-order valence-corrected chi connectivity index (χ4v) is 3.32. The smallest absolute Gasteiger partial charge is 0.251 e. The highest BCUT2D eigenvalue weighted by Crippen LogP contribution is 2.16. The molecule has 120 valence electrons. The molecule has 0 aliphatic heterocycles. The van der Waals surface area contributed by atoms with Crippen LogP contribution in [-0.2, 0) is 6.42 Å². The molecule has 0 aliphatic carbocycles. The van der Waals surface area contributed by atoms with Gasteiger partial charge in [0.2, 0.25) is 0 Å². The van der Waals surface area contributed by atoms with E-state index in [0.717, 1.165) is 35.2 Å². The number of hydrogen-bond donors (Lipinski definition) is 2. The van der Waals surface area contributed by atoms with Gasteiger partial charge in [0, 0.05) is 17.5 Å². The Kier molecular flexibility index (Phi) is 10.8. The zero-order valence-electron chi connectivity index (χ0n) is 13.1. The molecule has 1 aromatic rings. The van der Waals surface area contributed by atoms with Crippen molar-refractivity contribution in [1.82, 2.24) is 9.97 Å². The van der Waals surface area contributed by atoms with Crippen LogP contribution in [0.5, 0.6) is 0 Å². The van der Waals surface area contributed by atoms with Gasteiger partial charge in [0.05, 0.1) is 0 Å². The zero-order chi connectivity index (χ0) is 15.3. The molecule has 0 unspecified atom stereocenters. The maximum absolute atomic E-state index is 11.5. The Labute approximate surface area is 138 Å². The van der Waals surface area contributed by atoms with E-state index in [9.17, 15) is 4.79 Å². The number of thioether (sulfide) groups is 1. The van der Waals surface area contributed by atoms with Crippen LogP contribution < -0.4 is 5.56 Å². The third-order valence-corrected chi connectivity index (χ3v) is 4.60. The molecule has 0 amide bonds. The minimum absolute atomic E-state index is 0.0276. The van der Waals surface area contributed by atoms with Crippen molar-refractivity contribution in [2.24, 2.45) is 0 Å². The SMILES string of the molecule is CCCc1cc(=O)[nH]c(SCCCCCCCCCS)n1. The number of H-pyrrole nitrogens is 1.